The fraction of sp³-hybridized carbons (Fsp3) is 0.400. The minimum atomic E-state index is 0.237. The van der Waals surface area contributed by atoms with Gasteiger partial charge in [0.1, 0.15) is 0 Å². The molecular formula is C15H19NO. The van der Waals surface area contributed by atoms with Gasteiger partial charge in [0, 0.05) is 24.2 Å². The molecule has 90 valence electrons. The van der Waals surface area contributed by atoms with E-state index in [1.165, 1.54) is 11.1 Å². The lowest BCUT2D eigenvalue weighted by atomic mass is 10.0. The molecule has 1 aliphatic carbocycles. The molecule has 2 nitrogen and oxygen atoms in total. The zero-order valence-electron chi connectivity index (χ0n) is 10.5. The summed E-state index contributed by atoms with van der Waals surface area (Å²) in [7, 11) is 0. The summed E-state index contributed by atoms with van der Waals surface area (Å²) in [6.45, 7) is 4.29. The Bertz CT molecular complexity index is 431. The maximum absolute atomic E-state index is 11.1. The molecule has 0 saturated carbocycles. The van der Waals surface area contributed by atoms with Crippen molar-refractivity contribution in [1.29, 1.82) is 0 Å². The highest BCUT2D eigenvalue weighted by molar-refractivity contribution is 5.92. The van der Waals surface area contributed by atoms with Crippen molar-refractivity contribution in [2.75, 3.05) is 0 Å². The van der Waals surface area contributed by atoms with Gasteiger partial charge in [-0.25, -0.2) is 0 Å². The minimum Gasteiger partial charge on any atom is -0.382 e. The van der Waals surface area contributed by atoms with E-state index in [0.29, 0.717) is 6.42 Å². The van der Waals surface area contributed by atoms with Crippen LogP contribution in [0, 0.1) is 0 Å². The van der Waals surface area contributed by atoms with Crippen molar-refractivity contribution in [2.45, 2.75) is 39.2 Å². The molecular weight excluding hydrogens is 210 g/mol. The molecule has 0 spiro atoms. The molecule has 1 atom stereocenters. The molecule has 1 unspecified atom stereocenters. The van der Waals surface area contributed by atoms with Gasteiger partial charge in [0.2, 0.25) is 0 Å². The Hall–Kier alpha value is -1.57. The quantitative estimate of drug-likeness (QED) is 0.859. The number of nitrogens with one attached hydrogen (secondary N) is 1. The van der Waals surface area contributed by atoms with Crippen LogP contribution in [-0.4, -0.2) is 5.78 Å². The van der Waals surface area contributed by atoms with Gasteiger partial charge in [0.25, 0.3) is 0 Å². The summed E-state index contributed by atoms with van der Waals surface area (Å²) >= 11 is 0. The van der Waals surface area contributed by atoms with E-state index in [0.717, 1.165) is 18.5 Å². The molecule has 2 rings (SSSR count). The molecule has 1 aliphatic rings. The van der Waals surface area contributed by atoms with Gasteiger partial charge in [0.05, 0.1) is 0 Å². The van der Waals surface area contributed by atoms with Crippen molar-refractivity contribution in [2.24, 2.45) is 0 Å². The number of rotatable bonds is 4. The SMILES string of the molecule is CCc1ccc(C(C)NC2=CC(=O)CC2)cc1. The zero-order chi connectivity index (χ0) is 12.3. The molecule has 2 heteroatoms. The summed E-state index contributed by atoms with van der Waals surface area (Å²) in [6, 6.07) is 8.92. The highest BCUT2D eigenvalue weighted by atomic mass is 16.1. The van der Waals surface area contributed by atoms with E-state index in [1.807, 2.05) is 0 Å². The molecule has 0 fully saturated rings. The third-order valence-corrected chi connectivity index (χ3v) is 3.27. The molecule has 0 bridgehead atoms. The Labute approximate surface area is 103 Å². The van der Waals surface area contributed by atoms with E-state index in [4.69, 9.17) is 0 Å². The Balaban J connectivity index is 2.01. The fourth-order valence-electron chi connectivity index (χ4n) is 2.11. The first-order valence-corrected chi connectivity index (χ1v) is 6.28. The van der Waals surface area contributed by atoms with Crippen LogP contribution in [0.3, 0.4) is 0 Å². The fourth-order valence-corrected chi connectivity index (χ4v) is 2.11. The first-order chi connectivity index (χ1) is 8.19. The standard InChI is InChI=1S/C15H19NO/c1-3-12-4-6-13(7-5-12)11(2)16-14-8-9-15(17)10-14/h4-7,10-11,16H,3,8-9H2,1-2H3. The number of aryl methyl sites for hydroxylation is 1. The van der Waals surface area contributed by atoms with Gasteiger partial charge in [-0.1, -0.05) is 31.2 Å². The summed E-state index contributed by atoms with van der Waals surface area (Å²) in [6.07, 6.45) is 4.32. The van der Waals surface area contributed by atoms with Gasteiger partial charge in [-0.15, -0.1) is 0 Å². The van der Waals surface area contributed by atoms with E-state index in [-0.39, 0.29) is 11.8 Å². The predicted molar refractivity (Wildman–Crippen MR) is 69.7 cm³/mol. The van der Waals surface area contributed by atoms with Gasteiger partial charge < -0.3 is 5.32 Å². The number of ketones is 1. The van der Waals surface area contributed by atoms with Crippen LogP contribution in [0.1, 0.15) is 43.9 Å². The Kier molecular flexibility index (Phi) is 3.62. The normalized spacial score (nSPS) is 16.8. The molecule has 1 N–H and O–H groups in total. The molecule has 0 aliphatic heterocycles. The lowest BCUT2D eigenvalue weighted by Crippen LogP contribution is -2.16. The van der Waals surface area contributed by atoms with Crippen molar-refractivity contribution in [3.05, 3.63) is 47.2 Å². The van der Waals surface area contributed by atoms with Crippen LogP contribution in [0.2, 0.25) is 0 Å². The van der Waals surface area contributed by atoms with Crippen LogP contribution in [0.4, 0.5) is 0 Å². The predicted octanol–water partition coefficient (Wildman–Crippen LogP) is 3.15. The van der Waals surface area contributed by atoms with Gasteiger partial charge in [-0.3, -0.25) is 4.79 Å². The Morgan fingerprint density at radius 1 is 1.24 bits per heavy atom. The molecule has 0 radical (unpaired) electrons. The molecule has 0 heterocycles. The smallest absolute Gasteiger partial charge is 0.157 e. The Morgan fingerprint density at radius 2 is 1.94 bits per heavy atom. The average molecular weight is 229 g/mol. The maximum atomic E-state index is 11.1. The molecule has 1 aromatic rings. The minimum absolute atomic E-state index is 0.237. The van der Waals surface area contributed by atoms with E-state index in [1.54, 1.807) is 6.08 Å². The molecule has 0 saturated heterocycles. The van der Waals surface area contributed by atoms with Crippen LogP contribution in [-0.2, 0) is 11.2 Å². The largest absolute Gasteiger partial charge is 0.382 e. The van der Waals surface area contributed by atoms with Gasteiger partial charge in [-0.2, -0.15) is 0 Å². The summed E-state index contributed by atoms with van der Waals surface area (Å²) in [4.78, 5) is 11.1. The summed E-state index contributed by atoms with van der Waals surface area (Å²) < 4.78 is 0. The second-order valence-electron chi connectivity index (χ2n) is 4.60. The van der Waals surface area contributed by atoms with Crippen molar-refractivity contribution in [3.63, 3.8) is 0 Å². The van der Waals surface area contributed by atoms with Crippen LogP contribution in [0.15, 0.2) is 36.0 Å². The number of hydrogen-bond acceptors (Lipinski definition) is 2. The van der Waals surface area contributed by atoms with E-state index >= 15 is 0 Å². The van der Waals surface area contributed by atoms with Crippen LogP contribution < -0.4 is 5.32 Å². The summed E-state index contributed by atoms with van der Waals surface area (Å²) in [5.74, 6) is 0.237. The van der Waals surface area contributed by atoms with Crippen molar-refractivity contribution < 1.29 is 4.79 Å². The van der Waals surface area contributed by atoms with Gasteiger partial charge in [0.15, 0.2) is 5.78 Å². The molecule has 0 amide bonds. The van der Waals surface area contributed by atoms with E-state index in [9.17, 15) is 4.79 Å². The second kappa shape index (κ2) is 5.17. The summed E-state index contributed by atoms with van der Waals surface area (Å²) in [5, 5.41) is 3.40. The lowest BCUT2D eigenvalue weighted by Gasteiger charge is -2.16. The van der Waals surface area contributed by atoms with E-state index < -0.39 is 0 Å². The number of benzene rings is 1. The molecule has 17 heavy (non-hydrogen) atoms. The number of carbonyl (C=O) groups excluding carboxylic acids is 1. The Morgan fingerprint density at radius 3 is 2.47 bits per heavy atom. The lowest BCUT2D eigenvalue weighted by molar-refractivity contribution is -0.114. The zero-order valence-corrected chi connectivity index (χ0v) is 10.5. The highest BCUT2D eigenvalue weighted by Gasteiger charge is 2.14. The van der Waals surface area contributed by atoms with Crippen molar-refractivity contribution >= 4 is 5.78 Å². The highest BCUT2D eigenvalue weighted by Crippen LogP contribution is 2.19. The topological polar surface area (TPSA) is 29.1 Å². The number of hydrogen-bond donors (Lipinski definition) is 1. The van der Waals surface area contributed by atoms with Crippen molar-refractivity contribution in [1.82, 2.24) is 5.32 Å². The average Bonchev–Trinajstić information content (AvgIpc) is 2.75. The third kappa shape index (κ3) is 2.96. The van der Waals surface area contributed by atoms with Gasteiger partial charge in [-0.05, 0) is 30.9 Å². The van der Waals surface area contributed by atoms with Crippen molar-refractivity contribution in [3.8, 4) is 0 Å². The summed E-state index contributed by atoms with van der Waals surface area (Å²) in [5.41, 5.74) is 3.70. The molecule has 0 aromatic heterocycles. The van der Waals surface area contributed by atoms with Gasteiger partial charge >= 0.3 is 0 Å². The van der Waals surface area contributed by atoms with Crippen LogP contribution in [0.5, 0.6) is 0 Å². The number of allylic oxidation sites excluding steroid dienone is 2. The monoisotopic (exact) mass is 229 g/mol. The molecule has 1 aromatic carbocycles. The first kappa shape index (κ1) is 11.9. The number of carbonyl (C=O) groups is 1. The van der Waals surface area contributed by atoms with Crippen LogP contribution >= 0.6 is 0 Å². The first-order valence-electron chi connectivity index (χ1n) is 6.28. The maximum Gasteiger partial charge on any atom is 0.157 e. The van der Waals surface area contributed by atoms with Crippen LogP contribution in [0.25, 0.3) is 0 Å². The third-order valence-electron chi connectivity index (χ3n) is 3.27. The van der Waals surface area contributed by atoms with E-state index in [2.05, 4.69) is 43.4 Å². The second-order valence-corrected chi connectivity index (χ2v) is 4.60.